The van der Waals surface area contributed by atoms with Crippen LogP contribution in [0, 0.1) is 5.82 Å². The Morgan fingerprint density at radius 2 is 1.97 bits per heavy atom. The summed E-state index contributed by atoms with van der Waals surface area (Å²) in [4.78, 5) is 12.3. The van der Waals surface area contributed by atoms with Gasteiger partial charge in [-0.1, -0.05) is 24.6 Å². The van der Waals surface area contributed by atoms with Gasteiger partial charge in [0.25, 0.3) is 0 Å². The number of hydrogen-bond donors (Lipinski definition) is 1. The molecular formula is C26H24ClF4N3O. The quantitative estimate of drug-likeness (QED) is 0.265. The van der Waals surface area contributed by atoms with E-state index >= 15 is 0 Å². The van der Waals surface area contributed by atoms with Gasteiger partial charge in [0.15, 0.2) is 5.90 Å². The molecule has 0 bridgehead atoms. The SMILES string of the molecule is CCC1C=C(C(C)=NCCc2c[nH]c3ccc(Cl)cc23)N=C(Cc2ccc(F)cc2C(F)(F)F)O1. The van der Waals surface area contributed by atoms with E-state index in [0.29, 0.717) is 41.9 Å². The molecule has 0 radical (unpaired) electrons. The van der Waals surface area contributed by atoms with Gasteiger partial charge in [-0.3, -0.25) is 4.99 Å². The Labute approximate surface area is 205 Å². The molecule has 1 aliphatic heterocycles. The molecule has 184 valence electrons. The van der Waals surface area contributed by atoms with E-state index in [9.17, 15) is 17.6 Å². The zero-order chi connectivity index (χ0) is 25.2. The molecule has 1 aromatic heterocycles. The van der Waals surface area contributed by atoms with Crippen molar-refractivity contribution in [1.82, 2.24) is 4.98 Å². The molecule has 2 heterocycles. The average Bonchev–Trinajstić information content (AvgIpc) is 3.21. The number of benzene rings is 2. The second-order valence-electron chi connectivity index (χ2n) is 8.32. The maximum Gasteiger partial charge on any atom is 0.416 e. The summed E-state index contributed by atoms with van der Waals surface area (Å²) in [6.07, 6.45) is -0.173. The molecule has 0 aliphatic carbocycles. The fourth-order valence-corrected chi connectivity index (χ4v) is 4.15. The van der Waals surface area contributed by atoms with Crippen molar-refractivity contribution < 1.29 is 22.3 Å². The lowest BCUT2D eigenvalue weighted by Gasteiger charge is -2.23. The minimum atomic E-state index is -4.68. The largest absolute Gasteiger partial charge is 0.473 e. The van der Waals surface area contributed by atoms with Crippen molar-refractivity contribution in [2.24, 2.45) is 9.98 Å². The summed E-state index contributed by atoms with van der Waals surface area (Å²) in [5, 5.41) is 1.70. The number of aliphatic imine (C=N–C) groups is 2. The van der Waals surface area contributed by atoms with Gasteiger partial charge in [0.05, 0.1) is 17.0 Å². The topological polar surface area (TPSA) is 49.7 Å². The van der Waals surface area contributed by atoms with E-state index in [1.807, 2.05) is 44.3 Å². The number of alkyl halides is 3. The number of allylic oxidation sites excluding steroid dienone is 1. The molecule has 0 fully saturated rings. The molecular weight excluding hydrogens is 482 g/mol. The number of nitrogens with one attached hydrogen (secondary N) is 1. The van der Waals surface area contributed by atoms with Crippen molar-refractivity contribution in [1.29, 1.82) is 0 Å². The third-order valence-electron chi connectivity index (χ3n) is 5.83. The minimum Gasteiger partial charge on any atom is -0.473 e. The van der Waals surface area contributed by atoms with Crippen molar-refractivity contribution in [3.8, 4) is 0 Å². The molecule has 1 atom stereocenters. The third kappa shape index (κ3) is 5.93. The van der Waals surface area contributed by atoms with E-state index in [1.54, 1.807) is 0 Å². The van der Waals surface area contributed by atoms with Gasteiger partial charge >= 0.3 is 6.18 Å². The summed E-state index contributed by atoms with van der Waals surface area (Å²) in [6.45, 7) is 4.23. The van der Waals surface area contributed by atoms with Crippen LogP contribution in [-0.2, 0) is 23.8 Å². The van der Waals surface area contributed by atoms with Crippen molar-refractivity contribution in [2.45, 2.75) is 45.4 Å². The molecule has 4 rings (SSSR count). The maximum atomic E-state index is 13.5. The molecule has 0 saturated heterocycles. The van der Waals surface area contributed by atoms with Gasteiger partial charge in [-0.2, -0.15) is 13.2 Å². The average molecular weight is 506 g/mol. The number of aromatic amines is 1. The monoisotopic (exact) mass is 505 g/mol. The predicted octanol–water partition coefficient (Wildman–Crippen LogP) is 7.32. The molecule has 3 aromatic rings. The first-order valence-corrected chi connectivity index (χ1v) is 11.6. The number of aromatic nitrogens is 1. The Kier molecular flexibility index (Phi) is 7.31. The molecule has 0 saturated carbocycles. The van der Waals surface area contributed by atoms with Crippen LogP contribution in [0.3, 0.4) is 0 Å². The number of halogens is 5. The zero-order valence-electron chi connectivity index (χ0n) is 19.2. The minimum absolute atomic E-state index is 0.0960. The molecule has 1 unspecified atom stereocenters. The summed E-state index contributed by atoms with van der Waals surface area (Å²) >= 11 is 6.12. The Morgan fingerprint density at radius 1 is 1.17 bits per heavy atom. The first-order chi connectivity index (χ1) is 16.6. The smallest absolute Gasteiger partial charge is 0.416 e. The van der Waals surface area contributed by atoms with E-state index < -0.39 is 17.6 Å². The van der Waals surface area contributed by atoms with Crippen LogP contribution in [0.15, 0.2) is 64.4 Å². The number of fused-ring (bicyclic) bond motifs is 1. The Hall–Kier alpha value is -3.13. The molecule has 2 aromatic carbocycles. The lowest BCUT2D eigenvalue weighted by molar-refractivity contribution is -0.138. The molecule has 1 N–H and O–H groups in total. The highest BCUT2D eigenvalue weighted by Crippen LogP contribution is 2.33. The number of rotatable bonds is 7. The first kappa shape index (κ1) is 25.0. The van der Waals surface area contributed by atoms with Gasteiger partial charge < -0.3 is 9.72 Å². The van der Waals surface area contributed by atoms with Crippen LogP contribution < -0.4 is 0 Å². The molecule has 0 amide bonds. The van der Waals surface area contributed by atoms with Crippen LogP contribution >= 0.6 is 11.6 Å². The summed E-state index contributed by atoms with van der Waals surface area (Å²) < 4.78 is 59.5. The lowest BCUT2D eigenvalue weighted by Crippen LogP contribution is -2.24. The molecule has 1 aliphatic rings. The highest BCUT2D eigenvalue weighted by molar-refractivity contribution is 6.31. The summed E-state index contributed by atoms with van der Waals surface area (Å²) in [6, 6.07) is 8.29. The molecule has 0 spiro atoms. The van der Waals surface area contributed by atoms with E-state index in [4.69, 9.17) is 16.3 Å². The standard InChI is InChI=1S/C26H24ClF4N3O/c1-3-20-13-24(15(2)32-9-8-17-14-33-23-7-5-18(27)11-21(17)23)34-25(35-20)10-16-4-6-19(28)12-22(16)26(29,30)31/h4-7,11-14,20,33H,3,8-10H2,1-2H3. The number of nitrogens with zero attached hydrogens (tertiary/aromatic N) is 2. The van der Waals surface area contributed by atoms with Gasteiger partial charge in [-0.05, 0) is 67.3 Å². The second kappa shape index (κ2) is 10.2. The summed E-state index contributed by atoms with van der Waals surface area (Å²) in [7, 11) is 0. The van der Waals surface area contributed by atoms with Crippen molar-refractivity contribution >= 4 is 34.1 Å². The fraction of sp³-hybridized carbons (Fsp3) is 0.308. The first-order valence-electron chi connectivity index (χ1n) is 11.2. The fourth-order valence-electron chi connectivity index (χ4n) is 3.98. The van der Waals surface area contributed by atoms with Crippen LogP contribution in [0.1, 0.15) is 37.0 Å². The van der Waals surface area contributed by atoms with Crippen molar-refractivity contribution in [3.05, 3.63) is 81.9 Å². The number of H-pyrrole nitrogens is 1. The second-order valence-corrected chi connectivity index (χ2v) is 8.76. The van der Waals surface area contributed by atoms with E-state index in [0.717, 1.165) is 28.6 Å². The molecule has 9 heteroatoms. The normalized spacial score (nSPS) is 16.8. The van der Waals surface area contributed by atoms with E-state index in [-0.39, 0.29) is 24.0 Å². The van der Waals surface area contributed by atoms with Crippen LogP contribution in [0.25, 0.3) is 10.9 Å². The number of ether oxygens (including phenoxy) is 1. The van der Waals surface area contributed by atoms with Crippen molar-refractivity contribution in [2.75, 3.05) is 6.54 Å². The van der Waals surface area contributed by atoms with Gasteiger partial charge in [0.1, 0.15) is 11.9 Å². The maximum absolute atomic E-state index is 13.5. The van der Waals surface area contributed by atoms with Crippen LogP contribution in [0.5, 0.6) is 0 Å². The van der Waals surface area contributed by atoms with E-state index in [1.165, 1.54) is 0 Å². The van der Waals surface area contributed by atoms with Crippen LogP contribution in [-0.4, -0.2) is 29.2 Å². The Bertz CT molecular complexity index is 1320. The summed E-state index contributed by atoms with van der Waals surface area (Å²) in [5.41, 5.74) is 2.19. The molecule has 4 nitrogen and oxygen atoms in total. The van der Waals surface area contributed by atoms with Crippen LogP contribution in [0.2, 0.25) is 5.02 Å². The highest BCUT2D eigenvalue weighted by Gasteiger charge is 2.34. The number of hydrogen-bond acceptors (Lipinski definition) is 3. The Morgan fingerprint density at radius 3 is 2.71 bits per heavy atom. The summed E-state index contributed by atoms with van der Waals surface area (Å²) in [5.74, 6) is -0.799. The van der Waals surface area contributed by atoms with Gasteiger partial charge in [0.2, 0.25) is 0 Å². The van der Waals surface area contributed by atoms with E-state index in [2.05, 4.69) is 15.0 Å². The van der Waals surface area contributed by atoms with Crippen LogP contribution in [0.4, 0.5) is 17.6 Å². The van der Waals surface area contributed by atoms with Gasteiger partial charge in [-0.15, -0.1) is 0 Å². The lowest BCUT2D eigenvalue weighted by atomic mass is 10.0. The predicted molar refractivity (Wildman–Crippen MR) is 131 cm³/mol. The van der Waals surface area contributed by atoms with Gasteiger partial charge in [0, 0.05) is 35.1 Å². The zero-order valence-corrected chi connectivity index (χ0v) is 20.0. The molecule has 35 heavy (non-hydrogen) atoms. The highest BCUT2D eigenvalue weighted by atomic mass is 35.5. The van der Waals surface area contributed by atoms with Gasteiger partial charge in [-0.25, -0.2) is 9.38 Å². The third-order valence-corrected chi connectivity index (χ3v) is 6.06. The van der Waals surface area contributed by atoms with Crippen molar-refractivity contribution in [3.63, 3.8) is 0 Å². The Balaban J connectivity index is 1.52.